The third-order valence-electron chi connectivity index (χ3n) is 4.88. The lowest BCUT2D eigenvalue weighted by Crippen LogP contribution is -2.42. The lowest BCUT2D eigenvalue weighted by Gasteiger charge is -2.41. The van der Waals surface area contributed by atoms with E-state index < -0.39 is 0 Å². The van der Waals surface area contributed by atoms with Crippen molar-refractivity contribution in [3.8, 4) is 0 Å². The highest BCUT2D eigenvalue weighted by molar-refractivity contribution is 5.56. The Morgan fingerprint density at radius 3 is 2.76 bits per heavy atom. The zero-order chi connectivity index (χ0) is 14.8. The molecule has 1 saturated heterocycles. The highest BCUT2D eigenvalue weighted by Crippen LogP contribution is 2.37. The zero-order valence-corrected chi connectivity index (χ0v) is 12.4. The van der Waals surface area contributed by atoms with Crippen molar-refractivity contribution in [2.24, 2.45) is 11.8 Å². The van der Waals surface area contributed by atoms with Crippen LogP contribution in [0.4, 0.5) is 17.3 Å². The lowest BCUT2D eigenvalue weighted by atomic mass is 9.75. The number of anilines is 2. The molecule has 1 aromatic rings. The summed E-state index contributed by atoms with van der Waals surface area (Å²) in [5.41, 5.74) is 0.107. The van der Waals surface area contributed by atoms with E-state index in [1.807, 2.05) is 0 Å². The molecule has 0 spiro atoms. The Hall–Kier alpha value is -1.85. The van der Waals surface area contributed by atoms with Gasteiger partial charge in [-0.05, 0) is 24.7 Å². The summed E-state index contributed by atoms with van der Waals surface area (Å²) in [6.07, 6.45) is 6.50. The van der Waals surface area contributed by atoms with Crippen molar-refractivity contribution in [2.75, 3.05) is 30.4 Å². The molecule has 6 nitrogen and oxygen atoms in total. The molecule has 114 valence electrons. The predicted molar refractivity (Wildman–Crippen MR) is 82.7 cm³/mol. The minimum absolute atomic E-state index is 0.107. The molecule has 0 bridgehead atoms. The smallest absolute Gasteiger partial charge is 0.276 e. The van der Waals surface area contributed by atoms with E-state index in [1.54, 1.807) is 13.1 Å². The van der Waals surface area contributed by atoms with E-state index in [0.717, 1.165) is 30.7 Å². The molecule has 1 N–H and O–H groups in total. The van der Waals surface area contributed by atoms with Crippen molar-refractivity contribution in [1.82, 2.24) is 4.98 Å². The summed E-state index contributed by atoms with van der Waals surface area (Å²) < 4.78 is 0. The maximum atomic E-state index is 11.1. The van der Waals surface area contributed by atoms with Gasteiger partial charge in [-0.3, -0.25) is 10.1 Å². The van der Waals surface area contributed by atoms with E-state index in [1.165, 1.54) is 38.2 Å². The number of pyridine rings is 1. The molecule has 0 aromatic carbocycles. The number of rotatable bonds is 3. The molecule has 1 aliphatic heterocycles. The molecule has 2 fully saturated rings. The van der Waals surface area contributed by atoms with Crippen LogP contribution in [0.2, 0.25) is 0 Å². The van der Waals surface area contributed by atoms with Gasteiger partial charge in [0.1, 0.15) is 11.6 Å². The summed E-state index contributed by atoms with van der Waals surface area (Å²) in [6, 6.07) is 3.08. The molecule has 1 saturated carbocycles. The van der Waals surface area contributed by atoms with Gasteiger partial charge < -0.3 is 10.2 Å². The summed E-state index contributed by atoms with van der Waals surface area (Å²) in [5, 5.41) is 14.0. The zero-order valence-electron chi connectivity index (χ0n) is 12.4. The first-order chi connectivity index (χ1) is 10.2. The third-order valence-corrected chi connectivity index (χ3v) is 4.88. The van der Waals surface area contributed by atoms with E-state index >= 15 is 0 Å². The number of piperidine rings is 1. The van der Waals surface area contributed by atoms with Crippen molar-refractivity contribution < 1.29 is 4.92 Å². The molecule has 2 unspecified atom stereocenters. The van der Waals surface area contributed by atoms with Crippen LogP contribution in [-0.4, -0.2) is 30.0 Å². The van der Waals surface area contributed by atoms with Crippen LogP contribution in [-0.2, 0) is 0 Å². The third kappa shape index (κ3) is 2.94. The number of nitro groups is 1. The minimum atomic E-state index is -0.348. The minimum Gasteiger partial charge on any atom is -0.373 e. The topological polar surface area (TPSA) is 71.3 Å². The Labute approximate surface area is 124 Å². The first kappa shape index (κ1) is 14.1. The van der Waals surface area contributed by atoms with Gasteiger partial charge in [-0.25, -0.2) is 4.98 Å². The molecular weight excluding hydrogens is 268 g/mol. The maximum absolute atomic E-state index is 11.1. The number of hydrogen-bond donors (Lipinski definition) is 1. The average Bonchev–Trinajstić information content (AvgIpc) is 2.53. The normalized spacial score (nSPS) is 25.3. The number of nitrogens with one attached hydrogen (secondary N) is 1. The van der Waals surface area contributed by atoms with E-state index in [0.29, 0.717) is 5.82 Å². The Bertz CT molecular complexity index is 534. The van der Waals surface area contributed by atoms with Gasteiger partial charge in [0, 0.05) is 20.1 Å². The van der Waals surface area contributed by atoms with Crippen molar-refractivity contribution in [2.45, 2.75) is 32.1 Å². The van der Waals surface area contributed by atoms with E-state index in [9.17, 15) is 10.1 Å². The molecule has 0 radical (unpaired) electrons. The summed E-state index contributed by atoms with van der Waals surface area (Å²) in [5.74, 6) is 2.87. The van der Waals surface area contributed by atoms with Crippen LogP contribution in [0.5, 0.6) is 0 Å². The molecule has 0 amide bonds. The standard InChI is InChI=1S/C15H22N4O2/c1-16-14-8-13(19(20)21)9-15(17-14)18-7-6-11-4-2-3-5-12(11)10-18/h8-9,11-12H,2-7,10H2,1H3,(H,16,17). The average molecular weight is 290 g/mol. The molecule has 1 aliphatic carbocycles. The van der Waals surface area contributed by atoms with Gasteiger partial charge in [-0.15, -0.1) is 0 Å². The summed E-state index contributed by atoms with van der Waals surface area (Å²) >= 11 is 0. The van der Waals surface area contributed by atoms with Gasteiger partial charge in [0.25, 0.3) is 5.69 Å². The van der Waals surface area contributed by atoms with Gasteiger partial charge in [0.2, 0.25) is 0 Å². The molecular formula is C15H22N4O2. The second-order valence-electron chi connectivity index (χ2n) is 6.12. The number of aromatic nitrogens is 1. The number of fused-ring (bicyclic) bond motifs is 1. The van der Waals surface area contributed by atoms with E-state index in [-0.39, 0.29) is 10.6 Å². The Morgan fingerprint density at radius 2 is 2.05 bits per heavy atom. The highest BCUT2D eigenvalue weighted by Gasteiger charge is 2.32. The molecule has 21 heavy (non-hydrogen) atoms. The quantitative estimate of drug-likeness (QED) is 0.684. The second kappa shape index (κ2) is 5.87. The Kier molecular flexibility index (Phi) is 3.94. The highest BCUT2D eigenvalue weighted by atomic mass is 16.6. The van der Waals surface area contributed by atoms with Gasteiger partial charge in [0.05, 0.1) is 17.1 Å². The molecule has 6 heteroatoms. The van der Waals surface area contributed by atoms with Crippen LogP contribution in [0.25, 0.3) is 0 Å². The lowest BCUT2D eigenvalue weighted by molar-refractivity contribution is -0.384. The summed E-state index contributed by atoms with van der Waals surface area (Å²) in [6.45, 7) is 1.94. The second-order valence-corrected chi connectivity index (χ2v) is 6.12. The number of nitrogens with zero attached hydrogens (tertiary/aromatic N) is 3. The fraction of sp³-hybridized carbons (Fsp3) is 0.667. The Morgan fingerprint density at radius 1 is 1.29 bits per heavy atom. The summed E-state index contributed by atoms with van der Waals surface area (Å²) in [7, 11) is 1.74. The van der Waals surface area contributed by atoms with E-state index in [2.05, 4.69) is 15.2 Å². The van der Waals surface area contributed by atoms with Crippen LogP contribution in [0.15, 0.2) is 12.1 Å². The van der Waals surface area contributed by atoms with Crippen LogP contribution < -0.4 is 10.2 Å². The van der Waals surface area contributed by atoms with Crippen LogP contribution in [0.3, 0.4) is 0 Å². The van der Waals surface area contributed by atoms with E-state index in [4.69, 9.17) is 0 Å². The van der Waals surface area contributed by atoms with Crippen molar-refractivity contribution in [1.29, 1.82) is 0 Å². The summed E-state index contributed by atoms with van der Waals surface area (Å²) in [4.78, 5) is 17.4. The van der Waals surface area contributed by atoms with Crippen molar-refractivity contribution in [3.05, 3.63) is 22.2 Å². The van der Waals surface area contributed by atoms with Gasteiger partial charge >= 0.3 is 0 Å². The van der Waals surface area contributed by atoms with Crippen LogP contribution in [0.1, 0.15) is 32.1 Å². The van der Waals surface area contributed by atoms with Gasteiger partial charge in [-0.1, -0.05) is 19.3 Å². The fourth-order valence-corrected chi connectivity index (χ4v) is 3.71. The van der Waals surface area contributed by atoms with Crippen molar-refractivity contribution in [3.63, 3.8) is 0 Å². The predicted octanol–water partition coefficient (Wildman–Crippen LogP) is 3.05. The molecule has 3 rings (SSSR count). The van der Waals surface area contributed by atoms with Crippen LogP contribution in [0, 0.1) is 22.0 Å². The van der Waals surface area contributed by atoms with Gasteiger partial charge in [0.15, 0.2) is 0 Å². The largest absolute Gasteiger partial charge is 0.373 e. The SMILES string of the molecule is CNc1cc([N+](=O)[O-])cc(N2CCC3CCCCC3C2)n1. The molecule has 2 atom stereocenters. The maximum Gasteiger partial charge on any atom is 0.276 e. The fourth-order valence-electron chi connectivity index (χ4n) is 3.71. The molecule has 2 aliphatic rings. The first-order valence-electron chi connectivity index (χ1n) is 7.76. The van der Waals surface area contributed by atoms with Crippen LogP contribution >= 0.6 is 0 Å². The first-order valence-corrected chi connectivity index (χ1v) is 7.76. The van der Waals surface area contributed by atoms with Gasteiger partial charge in [-0.2, -0.15) is 0 Å². The monoisotopic (exact) mass is 290 g/mol. The van der Waals surface area contributed by atoms with Crippen molar-refractivity contribution >= 4 is 17.3 Å². The molecule has 2 heterocycles. The number of hydrogen-bond acceptors (Lipinski definition) is 5. The molecule has 1 aromatic heterocycles. The Balaban J connectivity index is 1.82.